The number of anilines is 1. The van der Waals surface area contributed by atoms with Crippen molar-refractivity contribution in [3.05, 3.63) is 64.1 Å². The summed E-state index contributed by atoms with van der Waals surface area (Å²) in [5, 5.41) is 0. The third kappa shape index (κ3) is 3.98. The number of carbonyl (C=O) groups excluding carboxylic acids is 1. The first-order valence-electron chi connectivity index (χ1n) is 7.82. The lowest BCUT2D eigenvalue weighted by Gasteiger charge is -2.36. The lowest BCUT2D eigenvalue weighted by Crippen LogP contribution is -2.48. The molecule has 1 aliphatic heterocycles. The summed E-state index contributed by atoms with van der Waals surface area (Å²) in [6.07, 6.45) is -4.35. The van der Waals surface area contributed by atoms with Crippen molar-refractivity contribution >= 4 is 27.5 Å². The molecule has 0 N–H and O–H groups in total. The molecule has 2 aromatic rings. The van der Waals surface area contributed by atoms with E-state index in [2.05, 4.69) is 15.9 Å². The Hall–Kier alpha value is -2.02. The third-order valence-electron chi connectivity index (χ3n) is 4.21. The van der Waals surface area contributed by atoms with E-state index >= 15 is 0 Å². The standard InChI is InChI=1S/C18H16BrF3N2O/c19-16-7-2-1-6-15(16)17(25)24-10-8-23(9-11-24)14-5-3-4-13(12-14)18(20,21)22/h1-7,12H,8-11H2. The molecule has 1 heterocycles. The summed E-state index contributed by atoms with van der Waals surface area (Å²) in [5.41, 5.74) is 0.467. The van der Waals surface area contributed by atoms with E-state index in [1.54, 1.807) is 23.1 Å². The van der Waals surface area contributed by atoms with Crippen LogP contribution in [0.2, 0.25) is 0 Å². The summed E-state index contributed by atoms with van der Waals surface area (Å²) in [7, 11) is 0. The Bertz CT molecular complexity index is 771. The van der Waals surface area contributed by atoms with Gasteiger partial charge in [0.1, 0.15) is 0 Å². The molecule has 3 rings (SSSR count). The Morgan fingerprint density at radius 3 is 2.28 bits per heavy atom. The summed E-state index contributed by atoms with van der Waals surface area (Å²) in [5.74, 6) is -0.0730. The predicted molar refractivity (Wildman–Crippen MR) is 93.7 cm³/mol. The first kappa shape index (κ1) is 17.8. The number of nitrogens with zero attached hydrogens (tertiary/aromatic N) is 2. The van der Waals surface area contributed by atoms with E-state index in [1.165, 1.54) is 6.07 Å². The number of carbonyl (C=O) groups is 1. The number of hydrogen-bond acceptors (Lipinski definition) is 2. The maximum absolute atomic E-state index is 12.9. The number of hydrogen-bond donors (Lipinski definition) is 0. The fourth-order valence-electron chi connectivity index (χ4n) is 2.85. The molecule has 2 aromatic carbocycles. The van der Waals surface area contributed by atoms with E-state index in [0.717, 1.165) is 16.6 Å². The molecule has 0 unspecified atom stereocenters. The number of piperazine rings is 1. The monoisotopic (exact) mass is 412 g/mol. The van der Waals surface area contributed by atoms with Crippen molar-refractivity contribution in [1.82, 2.24) is 4.90 Å². The van der Waals surface area contributed by atoms with Gasteiger partial charge in [-0.2, -0.15) is 13.2 Å². The van der Waals surface area contributed by atoms with Gasteiger partial charge in [-0.1, -0.05) is 18.2 Å². The predicted octanol–water partition coefficient (Wildman–Crippen LogP) is 4.43. The summed E-state index contributed by atoms with van der Waals surface area (Å²) >= 11 is 3.37. The number of halogens is 4. The summed E-state index contributed by atoms with van der Waals surface area (Å²) < 4.78 is 39.3. The summed E-state index contributed by atoms with van der Waals surface area (Å²) in [6.45, 7) is 1.93. The van der Waals surface area contributed by atoms with Crippen LogP contribution in [0.3, 0.4) is 0 Å². The SMILES string of the molecule is O=C(c1ccccc1Br)N1CCN(c2cccc(C(F)(F)F)c2)CC1. The molecule has 0 radical (unpaired) electrons. The van der Waals surface area contributed by atoms with Gasteiger partial charge in [0.2, 0.25) is 0 Å². The van der Waals surface area contributed by atoms with E-state index in [4.69, 9.17) is 0 Å². The molecule has 1 fully saturated rings. The van der Waals surface area contributed by atoms with Crippen LogP contribution in [0.25, 0.3) is 0 Å². The average molecular weight is 413 g/mol. The minimum atomic E-state index is -4.35. The van der Waals surface area contributed by atoms with Crippen molar-refractivity contribution in [3.63, 3.8) is 0 Å². The van der Waals surface area contributed by atoms with Gasteiger partial charge in [-0.05, 0) is 46.3 Å². The van der Waals surface area contributed by atoms with Crippen molar-refractivity contribution in [2.24, 2.45) is 0 Å². The van der Waals surface area contributed by atoms with Gasteiger partial charge in [0.05, 0.1) is 11.1 Å². The fourth-order valence-corrected chi connectivity index (χ4v) is 3.31. The highest BCUT2D eigenvalue weighted by Crippen LogP contribution is 2.32. The average Bonchev–Trinajstić information content (AvgIpc) is 2.61. The van der Waals surface area contributed by atoms with Crippen molar-refractivity contribution in [1.29, 1.82) is 0 Å². The quantitative estimate of drug-likeness (QED) is 0.728. The fraction of sp³-hybridized carbons (Fsp3) is 0.278. The molecule has 0 atom stereocenters. The largest absolute Gasteiger partial charge is 0.416 e. The molecule has 1 aliphatic rings. The van der Waals surface area contributed by atoms with Crippen molar-refractivity contribution < 1.29 is 18.0 Å². The van der Waals surface area contributed by atoms with Crippen LogP contribution in [0.4, 0.5) is 18.9 Å². The first-order valence-corrected chi connectivity index (χ1v) is 8.61. The van der Waals surface area contributed by atoms with Gasteiger partial charge in [-0.15, -0.1) is 0 Å². The molecule has 0 spiro atoms. The zero-order chi connectivity index (χ0) is 18.0. The minimum absolute atomic E-state index is 0.0730. The van der Waals surface area contributed by atoms with Crippen molar-refractivity contribution in [3.8, 4) is 0 Å². The maximum atomic E-state index is 12.9. The normalized spacial score (nSPS) is 15.4. The van der Waals surface area contributed by atoms with Crippen LogP contribution in [0.1, 0.15) is 15.9 Å². The Kier molecular flexibility index (Phi) is 5.03. The van der Waals surface area contributed by atoms with Gasteiger partial charge >= 0.3 is 6.18 Å². The van der Waals surface area contributed by atoms with E-state index in [9.17, 15) is 18.0 Å². The second-order valence-electron chi connectivity index (χ2n) is 5.81. The molecule has 1 amide bonds. The highest BCUT2D eigenvalue weighted by Gasteiger charge is 2.31. The smallest absolute Gasteiger partial charge is 0.368 e. The molecule has 0 bridgehead atoms. The van der Waals surface area contributed by atoms with Crippen LogP contribution in [0, 0.1) is 0 Å². The van der Waals surface area contributed by atoms with Crippen LogP contribution in [0.15, 0.2) is 53.0 Å². The molecular formula is C18H16BrF3N2O. The minimum Gasteiger partial charge on any atom is -0.368 e. The highest BCUT2D eigenvalue weighted by atomic mass is 79.9. The lowest BCUT2D eigenvalue weighted by atomic mass is 10.1. The Morgan fingerprint density at radius 2 is 1.64 bits per heavy atom. The molecule has 132 valence electrons. The molecule has 1 saturated heterocycles. The van der Waals surface area contributed by atoms with Crippen LogP contribution < -0.4 is 4.90 Å². The molecule has 25 heavy (non-hydrogen) atoms. The van der Waals surface area contributed by atoms with Crippen molar-refractivity contribution in [2.45, 2.75) is 6.18 Å². The van der Waals surface area contributed by atoms with E-state index in [-0.39, 0.29) is 5.91 Å². The number of rotatable bonds is 2. The third-order valence-corrected chi connectivity index (χ3v) is 4.90. The molecule has 7 heteroatoms. The van der Waals surface area contributed by atoms with Crippen molar-refractivity contribution in [2.75, 3.05) is 31.1 Å². The molecular weight excluding hydrogens is 397 g/mol. The second kappa shape index (κ2) is 7.07. The topological polar surface area (TPSA) is 23.6 Å². The Labute approximate surface area is 152 Å². The Morgan fingerprint density at radius 1 is 0.960 bits per heavy atom. The second-order valence-corrected chi connectivity index (χ2v) is 6.66. The van der Waals surface area contributed by atoms with Gasteiger partial charge < -0.3 is 9.80 Å². The molecule has 0 aliphatic carbocycles. The summed E-state index contributed by atoms with van der Waals surface area (Å²) in [6, 6.07) is 12.5. The summed E-state index contributed by atoms with van der Waals surface area (Å²) in [4.78, 5) is 16.2. The van der Waals surface area contributed by atoms with Crippen LogP contribution in [-0.2, 0) is 6.18 Å². The van der Waals surface area contributed by atoms with Crippen LogP contribution in [-0.4, -0.2) is 37.0 Å². The molecule has 0 saturated carbocycles. The van der Waals surface area contributed by atoms with E-state index < -0.39 is 11.7 Å². The molecule has 0 aromatic heterocycles. The zero-order valence-corrected chi connectivity index (χ0v) is 14.8. The number of benzene rings is 2. The van der Waals surface area contributed by atoms with Gasteiger partial charge in [-0.3, -0.25) is 4.79 Å². The first-order chi connectivity index (χ1) is 11.9. The zero-order valence-electron chi connectivity index (χ0n) is 13.3. The van der Waals surface area contributed by atoms with E-state index in [1.807, 2.05) is 17.0 Å². The Balaban J connectivity index is 1.68. The van der Waals surface area contributed by atoms with E-state index in [0.29, 0.717) is 37.4 Å². The van der Waals surface area contributed by atoms with Gasteiger partial charge in [0, 0.05) is 36.3 Å². The molecule has 3 nitrogen and oxygen atoms in total. The van der Waals surface area contributed by atoms with Crippen LogP contribution >= 0.6 is 15.9 Å². The highest BCUT2D eigenvalue weighted by molar-refractivity contribution is 9.10. The number of alkyl halides is 3. The maximum Gasteiger partial charge on any atom is 0.416 e. The lowest BCUT2D eigenvalue weighted by molar-refractivity contribution is -0.137. The van der Waals surface area contributed by atoms with Gasteiger partial charge in [0.15, 0.2) is 0 Å². The van der Waals surface area contributed by atoms with Crippen LogP contribution in [0.5, 0.6) is 0 Å². The number of amides is 1. The van der Waals surface area contributed by atoms with Gasteiger partial charge in [0.25, 0.3) is 5.91 Å². The van der Waals surface area contributed by atoms with Gasteiger partial charge in [-0.25, -0.2) is 0 Å².